The molecule has 0 saturated carbocycles. The third kappa shape index (κ3) is 1.34. The molecule has 2 N–H and O–H groups in total. The Bertz CT molecular complexity index is 233. The van der Waals surface area contributed by atoms with E-state index < -0.39 is 10.2 Å². The van der Waals surface area contributed by atoms with E-state index in [4.69, 9.17) is 5.73 Å². The van der Waals surface area contributed by atoms with Gasteiger partial charge < -0.3 is 5.73 Å². The maximum Gasteiger partial charge on any atom is 0.322 e. The lowest BCUT2D eigenvalue weighted by molar-refractivity contribution is 0.470. The zero-order valence-electron chi connectivity index (χ0n) is 5.40. The van der Waals surface area contributed by atoms with Crippen LogP contribution in [-0.4, -0.2) is 38.6 Å². The lowest BCUT2D eigenvalue weighted by atomic mass is 10.6. The van der Waals surface area contributed by atoms with E-state index in [1.165, 1.54) is 10.5 Å². The molecular weight excluding hydrogens is 154 g/mol. The molecular formula is C4H9N3O2S. The molecule has 0 aromatic carbocycles. The van der Waals surface area contributed by atoms with Gasteiger partial charge in [-0.2, -0.15) is 17.1 Å². The van der Waals surface area contributed by atoms with Gasteiger partial charge in [-0.1, -0.05) is 0 Å². The van der Waals surface area contributed by atoms with Crippen molar-refractivity contribution in [1.29, 1.82) is 0 Å². The third-order valence-electron chi connectivity index (χ3n) is 1.20. The second-order valence-electron chi connectivity index (χ2n) is 1.91. The van der Waals surface area contributed by atoms with E-state index in [0.29, 0.717) is 19.6 Å². The lowest BCUT2D eigenvalue weighted by Crippen LogP contribution is -2.31. The predicted molar refractivity (Wildman–Crippen MR) is 38.0 cm³/mol. The van der Waals surface area contributed by atoms with Crippen molar-refractivity contribution >= 4 is 16.4 Å². The molecule has 0 amide bonds. The fourth-order valence-corrected chi connectivity index (χ4v) is 1.71. The molecule has 0 fully saturated rings. The van der Waals surface area contributed by atoms with Crippen LogP contribution in [0.1, 0.15) is 0 Å². The molecule has 10 heavy (non-hydrogen) atoms. The molecule has 6 heteroatoms. The quantitative estimate of drug-likeness (QED) is 0.542. The Hall–Kier alpha value is -0.460. The van der Waals surface area contributed by atoms with Gasteiger partial charge in [-0.25, -0.2) is 0 Å². The Balaban J connectivity index is 2.67. The van der Waals surface area contributed by atoms with Crippen molar-refractivity contribution in [2.45, 2.75) is 0 Å². The first-order valence-electron chi connectivity index (χ1n) is 2.91. The lowest BCUT2D eigenvalue weighted by Gasteiger charge is -2.09. The maximum absolute atomic E-state index is 10.8. The number of hydrogen-bond acceptors (Lipinski definition) is 3. The highest BCUT2D eigenvalue weighted by atomic mass is 32.2. The van der Waals surface area contributed by atoms with Gasteiger partial charge in [0.2, 0.25) is 0 Å². The molecule has 0 bridgehead atoms. The molecule has 0 unspecified atom stereocenters. The molecule has 0 atom stereocenters. The largest absolute Gasteiger partial charge is 0.329 e. The first-order valence-corrected chi connectivity index (χ1v) is 4.30. The molecule has 0 spiro atoms. The van der Waals surface area contributed by atoms with Crippen LogP contribution in [0.25, 0.3) is 0 Å². The summed E-state index contributed by atoms with van der Waals surface area (Å²) in [7, 11) is -3.33. The van der Waals surface area contributed by atoms with Crippen LogP contribution < -0.4 is 5.73 Å². The topological polar surface area (TPSA) is 75.8 Å². The van der Waals surface area contributed by atoms with Gasteiger partial charge in [0, 0.05) is 19.3 Å². The Morgan fingerprint density at radius 2 is 2.40 bits per heavy atom. The van der Waals surface area contributed by atoms with E-state index in [0.717, 1.165) is 0 Å². The summed E-state index contributed by atoms with van der Waals surface area (Å²) in [5.74, 6) is 0. The van der Waals surface area contributed by atoms with Crippen molar-refractivity contribution in [2.24, 2.45) is 10.1 Å². The molecule has 0 aromatic heterocycles. The molecule has 0 aromatic rings. The molecule has 1 heterocycles. The summed E-state index contributed by atoms with van der Waals surface area (Å²) in [4.78, 5) is 0. The number of nitrogens with zero attached hydrogens (tertiary/aromatic N) is 2. The van der Waals surface area contributed by atoms with Gasteiger partial charge in [-0.05, 0) is 0 Å². The van der Waals surface area contributed by atoms with Crippen molar-refractivity contribution in [3.8, 4) is 0 Å². The average Bonchev–Trinajstić information content (AvgIpc) is 2.13. The summed E-state index contributed by atoms with van der Waals surface area (Å²) >= 11 is 0. The van der Waals surface area contributed by atoms with Crippen LogP contribution in [0, 0.1) is 0 Å². The number of rotatable bonds is 2. The van der Waals surface area contributed by atoms with E-state index in [-0.39, 0.29) is 0 Å². The van der Waals surface area contributed by atoms with Crippen molar-refractivity contribution in [1.82, 2.24) is 4.31 Å². The molecule has 1 aliphatic heterocycles. The summed E-state index contributed by atoms with van der Waals surface area (Å²) in [6.07, 6.45) is 1.37. The Labute approximate surface area is 59.7 Å². The fraction of sp³-hybridized carbons (Fsp3) is 0.750. The zero-order chi connectivity index (χ0) is 7.61. The van der Waals surface area contributed by atoms with Crippen molar-refractivity contribution in [3.63, 3.8) is 0 Å². The summed E-state index contributed by atoms with van der Waals surface area (Å²) in [6.45, 7) is 1.05. The first-order chi connectivity index (χ1) is 4.67. The van der Waals surface area contributed by atoms with Gasteiger partial charge in [0.25, 0.3) is 0 Å². The molecule has 1 aliphatic rings. The summed E-state index contributed by atoms with van der Waals surface area (Å²) in [5.41, 5.74) is 5.17. The minimum atomic E-state index is -3.33. The molecule has 58 valence electrons. The normalized spacial score (nSPS) is 23.7. The maximum atomic E-state index is 10.8. The van der Waals surface area contributed by atoms with E-state index in [9.17, 15) is 8.42 Å². The van der Waals surface area contributed by atoms with Crippen LogP contribution in [0.2, 0.25) is 0 Å². The monoisotopic (exact) mass is 163 g/mol. The predicted octanol–water partition coefficient (Wildman–Crippen LogP) is -1.42. The van der Waals surface area contributed by atoms with Crippen LogP contribution in [0.4, 0.5) is 0 Å². The van der Waals surface area contributed by atoms with E-state index in [1.807, 2.05) is 0 Å². The molecule has 0 aliphatic carbocycles. The average molecular weight is 163 g/mol. The summed E-state index contributed by atoms with van der Waals surface area (Å²) in [5, 5.41) is 0. The number of hydrogen-bond donors (Lipinski definition) is 1. The Kier molecular flexibility index (Phi) is 2.02. The molecule has 0 saturated heterocycles. The van der Waals surface area contributed by atoms with E-state index in [2.05, 4.69) is 4.40 Å². The standard InChI is InChI=1S/C4H9N3O2S/c5-1-3-7-4-2-6-10(7,8)9/h2H,1,3-5H2. The summed E-state index contributed by atoms with van der Waals surface area (Å²) < 4.78 is 26.2. The number of nitrogens with two attached hydrogens (primary N) is 1. The second kappa shape index (κ2) is 2.65. The van der Waals surface area contributed by atoms with Crippen LogP contribution in [0.5, 0.6) is 0 Å². The Morgan fingerprint density at radius 1 is 1.70 bits per heavy atom. The first kappa shape index (κ1) is 7.64. The summed E-state index contributed by atoms with van der Waals surface area (Å²) in [6, 6.07) is 0. The molecule has 0 radical (unpaired) electrons. The smallest absolute Gasteiger partial charge is 0.322 e. The van der Waals surface area contributed by atoms with Crippen molar-refractivity contribution < 1.29 is 8.42 Å². The second-order valence-corrected chi connectivity index (χ2v) is 3.54. The van der Waals surface area contributed by atoms with Crippen molar-refractivity contribution in [2.75, 3.05) is 19.6 Å². The van der Waals surface area contributed by atoms with Gasteiger partial charge in [0.15, 0.2) is 0 Å². The fourth-order valence-electron chi connectivity index (χ4n) is 0.730. The van der Waals surface area contributed by atoms with E-state index >= 15 is 0 Å². The highest BCUT2D eigenvalue weighted by Crippen LogP contribution is 2.05. The van der Waals surface area contributed by atoms with Gasteiger partial charge in [0.1, 0.15) is 0 Å². The van der Waals surface area contributed by atoms with Gasteiger partial charge in [0.05, 0.1) is 6.54 Å². The Morgan fingerprint density at radius 3 is 2.80 bits per heavy atom. The van der Waals surface area contributed by atoms with Gasteiger partial charge >= 0.3 is 10.2 Å². The highest BCUT2D eigenvalue weighted by molar-refractivity contribution is 7.88. The highest BCUT2D eigenvalue weighted by Gasteiger charge is 2.22. The third-order valence-corrected chi connectivity index (χ3v) is 2.60. The van der Waals surface area contributed by atoms with Crippen LogP contribution in [0.15, 0.2) is 4.40 Å². The SMILES string of the molecule is NCCN1CC=NS1(=O)=O. The van der Waals surface area contributed by atoms with Gasteiger partial charge in [-0.3, -0.25) is 0 Å². The van der Waals surface area contributed by atoms with Crippen LogP contribution >= 0.6 is 0 Å². The minimum absolute atomic E-state index is 0.336. The zero-order valence-corrected chi connectivity index (χ0v) is 6.21. The molecule has 1 rings (SSSR count). The van der Waals surface area contributed by atoms with E-state index in [1.54, 1.807) is 0 Å². The van der Waals surface area contributed by atoms with Crippen LogP contribution in [-0.2, 0) is 10.2 Å². The van der Waals surface area contributed by atoms with Crippen LogP contribution in [0.3, 0.4) is 0 Å². The molecule has 5 nitrogen and oxygen atoms in total. The minimum Gasteiger partial charge on any atom is -0.329 e. The van der Waals surface area contributed by atoms with Crippen molar-refractivity contribution in [3.05, 3.63) is 0 Å². The van der Waals surface area contributed by atoms with Gasteiger partial charge in [-0.15, -0.1) is 0 Å².